The minimum atomic E-state index is -3.87. The van der Waals surface area contributed by atoms with E-state index in [-0.39, 0.29) is 24.2 Å². The highest BCUT2D eigenvalue weighted by Gasteiger charge is 2.30. The lowest BCUT2D eigenvalue weighted by Gasteiger charge is -2.32. The molecule has 2 aromatic carbocycles. The number of sulfonamides is 1. The highest BCUT2D eigenvalue weighted by Crippen LogP contribution is 2.21. The number of nitrogens with one attached hydrogen (secondary N) is 1. The summed E-state index contributed by atoms with van der Waals surface area (Å²) in [5.41, 5.74) is 0.749. The molecular formula is C22H27ClFN3O4S. The molecule has 0 fully saturated rings. The van der Waals surface area contributed by atoms with E-state index in [0.717, 1.165) is 22.7 Å². The number of hydrogen-bond acceptors (Lipinski definition) is 4. The smallest absolute Gasteiger partial charge is 0.244 e. The van der Waals surface area contributed by atoms with Crippen molar-refractivity contribution in [2.24, 2.45) is 0 Å². The molecule has 0 saturated carbocycles. The summed E-state index contributed by atoms with van der Waals surface area (Å²) in [6.07, 6.45) is 0.955. The molecule has 2 amide bonds. The van der Waals surface area contributed by atoms with Gasteiger partial charge in [-0.15, -0.1) is 0 Å². The van der Waals surface area contributed by atoms with E-state index in [1.807, 2.05) is 0 Å². The molecule has 7 nitrogen and oxygen atoms in total. The van der Waals surface area contributed by atoms with Crippen LogP contribution in [0.15, 0.2) is 48.5 Å². The number of anilines is 1. The Morgan fingerprint density at radius 2 is 1.66 bits per heavy atom. The van der Waals surface area contributed by atoms with Gasteiger partial charge in [0.15, 0.2) is 0 Å². The van der Waals surface area contributed by atoms with Crippen LogP contribution in [0.4, 0.5) is 10.1 Å². The molecule has 0 bridgehead atoms. The Morgan fingerprint density at radius 1 is 1.06 bits per heavy atom. The van der Waals surface area contributed by atoms with Crippen molar-refractivity contribution >= 4 is 39.1 Å². The summed E-state index contributed by atoms with van der Waals surface area (Å²) < 4.78 is 39.0. The average molecular weight is 484 g/mol. The quantitative estimate of drug-likeness (QED) is 0.593. The van der Waals surface area contributed by atoms with Gasteiger partial charge >= 0.3 is 0 Å². The van der Waals surface area contributed by atoms with E-state index in [4.69, 9.17) is 11.6 Å². The van der Waals surface area contributed by atoms with E-state index < -0.39 is 34.3 Å². The summed E-state index contributed by atoms with van der Waals surface area (Å²) in [5, 5.41) is 3.18. The predicted octanol–water partition coefficient (Wildman–Crippen LogP) is 3.19. The fourth-order valence-electron chi connectivity index (χ4n) is 3.02. The van der Waals surface area contributed by atoms with Crippen LogP contribution in [0.3, 0.4) is 0 Å². The number of benzene rings is 2. The fourth-order valence-corrected chi connectivity index (χ4v) is 4.06. The largest absolute Gasteiger partial charge is 0.352 e. The third kappa shape index (κ3) is 6.93. The maximum absolute atomic E-state index is 13.3. The number of carbonyl (C=O) groups excluding carboxylic acids is 2. The molecule has 0 aliphatic heterocycles. The zero-order valence-electron chi connectivity index (χ0n) is 18.4. The van der Waals surface area contributed by atoms with E-state index in [9.17, 15) is 22.4 Å². The van der Waals surface area contributed by atoms with Gasteiger partial charge in [-0.25, -0.2) is 12.8 Å². The van der Waals surface area contributed by atoms with Crippen LogP contribution in [0, 0.1) is 5.82 Å². The van der Waals surface area contributed by atoms with E-state index >= 15 is 0 Å². The standard InChI is InChI=1S/C22H27ClFN3O4S/c1-15(2)25-22(29)16(3)26(13-17-7-5-6-8-20(17)23)21(28)14-27(32(4,30)31)19-11-9-18(24)10-12-19/h5-12,15-16H,13-14H2,1-4H3,(H,25,29)/t16-/m1/s1. The van der Waals surface area contributed by atoms with Crippen LogP contribution in [-0.4, -0.2) is 50.0 Å². The Hall–Kier alpha value is -2.65. The number of hydrogen-bond donors (Lipinski definition) is 1. The number of amides is 2. The van der Waals surface area contributed by atoms with Gasteiger partial charge in [0.1, 0.15) is 18.4 Å². The Bertz CT molecular complexity index is 1060. The highest BCUT2D eigenvalue weighted by atomic mass is 35.5. The van der Waals surface area contributed by atoms with Crippen LogP contribution >= 0.6 is 11.6 Å². The molecular weight excluding hydrogens is 457 g/mol. The summed E-state index contributed by atoms with van der Waals surface area (Å²) >= 11 is 6.25. The van der Waals surface area contributed by atoms with Crippen molar-refractivity contribution in [3.05, 3.63) is 64.9 Å². The lowest BCUT2D eigenvalue weighted by atomic mass is 10.1. The summed E-state index contributed by atoms with van der Waals surface area (Å²) in [5.74, 6) is -1.52. The SMILES string of the molecule is CC(C)NC(=O)[C@@H](C)N(Cc1ccccc1Cl)C(=O)CN(c1ccc(F)cc1)S(C)(=O)=O. The first-order chi connectivity index (χ1) is 14.9. The highest BCUT2D eigenvalue weighted by molar-refractivity contribution is 7.92. The van der Waals surface area contributed by atoms with E-state index in [1.165, 1.54) is 17.0 Å². The third-order valence-corrected chi connectivity index (χ3v) is 6.20. The van der Waals surface area contributed by atoms with Crippen molar-refractivity contribution in [1.29, 1.82) is 0 Å². The Labute approximate surface area is 193 Å². The van der Waals surface area contributed by atoms with Crippen molar-refractivity contribution in [3.63, 3.8) is 0 Å². The van der Waals surface area contributed by atoms with Gasteiger partial charge in [0, 0.05) is 17.6 Å². The molecule has 0 aliphatic rings. The third-order valence-electron chi connectivity index (χ3n) is 4.69. The molecule has 1 atom stereocenters. The predicted molar refractivity (Wildman–Crippen MR) is 123 cm³/mol. The van der Waals surface area contributed by atoms with E-state index in [1.54, 1.807) is 45.0 Å². The molecule has 174 valence electrons. The molecule has 0 aromatic heterocycles. The maximum atomic E-state index is 13.3. The molecule has 0 saturated heterocycles. The average Bonchev–Trinajstić information content (AvgIpc) is 2.70. The Kier molecular flexibility index (Phi) is 8.63. The molecule has 0 aliphatic carbocycles. The van der Waals surface area contributed by atoms with Gasteiger partial charge in [-0.2, -0.15) is 0 Å². The lowest BCUT2D eigenvalue weighted by Crippen LogP contribution is -2.52. The minimum absolute atomic E-state index is 0.00616. The summed E-state index contributed by atoms with van der Waals surface area (Å²) in [7, 11) is -3.87. The Morgan fingerprint density at radius 3 is 2.19 bits per heavy atom. The molecule has 2 rings (SSSR count). The van der Waals surface area contributed by atoms with Crippen LogP contribution in [0.1, 0.15) is 26.3 Å². The number of halogens is 2. The number of carbonyl (C=O) groups is 2. The molecule has 10 heteroatoms. The van der Waals surface area contributed by atoms with Crippen molar-refractivity contribution in [2.45, 2.75) is 39.4 Å². The summed E-state index contributed by atoms with van der Waals surface area (Å²) in [6, 6.07) is 10.6. The molecule has 0 unspecified atom stereocenters. The number of rotatable bonds is 9. The zero-order valence-corrected chi connectivity index (χ0v) is 20.0. The zero-order chi connectivity index (χ0) is 24.1. The fraction of sp³-hybridized carbons (Fsp3) is 0.364. The first-order valence-corrected chi connectivity index (χ1v) is 12.2. The van der Waals surface area contributed by atoms with Gasteiger partial charge in [-0.1, -0.05) is 29.8 Å². The summed E-state index contributed by atoms with van der Waals surface area (Å²) in [4.78, 5) is 27.2. The molecule has 32 heavy (non-hydrogen) atoms. The van der Waals surface area contributed by atoms with Gasteiger partial charge in [0.05, 0.1) is 11.9 Å². The minimum Gasteiger partial charge on any atom is -0.352 e. The summed E-state index contributed by atoms with van der Waals surface area (Å²) in [6.45, 7) is 4.60. The first-order valence-electron chi connectivity index (χ1n) is 9.96. The van der Waals surface area contributed by atoms with Gasteiger partial charge in [0.25, 0.3) is 0 Å². The van der Waals surface area contributed by atoms with Gasteiger partial charge < -0.3 is 10.2 Å². The topological polar surface area (TPSA) is 86.8 Å². The van der Waals surface area contributed by atoms with E-state index in [2.05, 4.69) is 5.32 Å². The molecule has 0 radical (unpaired) electrons. The van der Waals surface area contributed by atoms with Gasteiger partial charge in [0.2, 0.25) is 21.8 Å². The van der Waals surface area contributed by atoms with Gasteiger partial charge in [-0.05, 0) is 56.7 Å². The number of nitrogens with zero attached hydrogens (tertiary/aromatic N) is 2. The van der Waals surface area contributed by atoms with Crippen LogP contribution in [0.25, 0.3) is 0 Å². The van der Waals surface area contributed by atoms with Crippen molar-refractivity contribution in [3.8, 4) is 0 Å². The van der Waals surface area contributed by atoms with Crippen LogP contribution < -0.4 is 9.62 Å². The van der Waals surface area contributed by atoms with Crippen LogP contribution in [-0.2, 0) is 26.2 Å². The van der Waals surface area contributed by atoms with Crippen LogP contribution in [0.5, 0.6) is 0 Å². The Balaban J connectivity index is 2.39. The van der Waals surface area contributed by atoms with Gasteiger partial charge in [-0.3, -0.25) is 13.9 Å². The van der Waals surface area contributed by atoms with E-state index in [0.29, 0.717) is 10.6 Å². The lowest BCUT2D eigenvalue weighted by molar-refractivity contribution is -0.139. The van der Waals surface area contributed by atoms with Crippen LogP contribution in [0.2, 0.25) is 5.02 Å². The molecule has 1 N–H and O–H groups in total. The second kappa shape index (κ2) is 10.8. The van der Waals surface area contributed by atoms with Crippen molar-refractivity contribution in [2.75, 3.05) is 17.1 Å². The van der Waals surface area contributed by atoms with Crippen molar-refractivity contribution in [1.82, 2.24) is 10.2 Å². The second-order valence-electron chi connectivity index (χ2n) is 7.70. The second-order valence-corrected chi connectivity index (χ2v) is 10.0. The molecule has 0 spiro atoms. The first kappa shape index (κ1) is 25.6. The normalized spacial score (nSPS) is 12.3. The molecule has 0 heterocycles. The monoisotopic (exact) mass is 483 g/mol. The van der Waals surface area contributed by atoms with Crippen molar-refractivity contribution < 1.29 is 22.4 Å². The maximum Gasteiger partial charge on any atom is 0.244 e. The molecule has 2 aromatic rings.